The van der Waals surface area contributed by atoms with Crippen LogP contribution in [-0.2, 0) is 11.3 Å². The first kappa shape index (κ1) is 13.0. The van der Waals surface area contributed by atoms with Gasteiger partial charge in [0.25, 0.3) is 0 Å². The second-order valence-corrected chi connectivity index (χ2v) is 4.50. The predicted molar refractivity (Wildman–Crippen MR) is 68.3 cm³/mol. The first-order valence-corrected chi connectivity index (χ1v) is 5.73. The average Bonchev–Trinajstić information content (AvgIpc) is 2.20. The fourth-order valence-electron chi connectivity index (χ4n) is 1.64. The number of nitrogen functional groups attached to an aromatic ring is 1. The van der Waals surface area contributed by atoms with E-state index in [1.165, 1.54) is 0 Å². The number of hydrogen-bond acceptors (Lipinski definition) is 3. The van der Waals surface area contributed by atoms with Gasteiger partial charge in [-0.25, -0.2) is 0 Å². The SMILES string of the molecule is CCOC(C)(C)CNCc1ccccc1N. The summed E-state index contributed by atoms with van der Waals surface area (Å²) < 4.78 is 5.60. The Hall–Kier alpha value is -1.06. The van der Waals surface area contributed by atoms with E-state index in [-0.39, 0.29) is 5.60 Å². The zero-order chi connectivity index (χ0) is 12.0. The molecule has 0 saturated heterocycles. The van der Waals surface area contributed by atoms with Crippen molar-refractivity contribution in [2.45, 2.75) is 32.9 Å². The highest BCUT2D eigenvalue weighted by Crippen LogP contribution is 2.11. The molecule has 0 fully saturated rings. The molecule has 0 aromatic heterocycles. The molecule has 0 atom stereocenters. The van der Waals surface area contributed by atoms with Crippen LogP contribution < -0.4 is 11.1 Å². The summed E-state index contributed by atoms with van der Waals surface area (Å²) in [5.74, 6) is 0. The summed E-state index contributed by atoms with van der Waals surface area (Å²) >= 11 is 0. The number of nitrogens with two attached hydrogens (primary N) is 1. The van der Waals surface area contributed by atoms with Gasteiger partial charge in [-0.05, 0) is 32.4 Å². The number of para-hydroxylation sites is 1. The molecule has 0 heterocycles. The maximum absolute atomic E-state index is 5.86. The second kappa shape index (κ2) is 5.87. The van der Waals surface area contributed by atoms with Gasteiger partial charge in [0.1, 0.15) is 0 Å². The summed E-state index contributed by atoms with van der Waals surface area (Å²) in [5.41, 5.74) is 7.70. The molecule has 3 heteroatoms. The van der Waals surface area contributed by atoms with Crippen LogP contribution in [0.25, 0.3) is 0 Å². The smallest absolute Gasteiger partial charge is 0.0750 e. The summed E-state index contributed by atoms with van der Waals surface area (Å²) in [7, 11) is 0. The van der Waals surface area contributed by atoms with Gasteiger partial charge in [-0.2, -0.15) is 0 Å². The van der Waals surface area contributed by atoms with Crippen LogP contribution in [0.1, 0.15) is 26.3 Å². The van der Waals surface area contributed by atoms with Gasteiger partial charge in [0.2, 0.25) is 0 Å². The highest BCUT2D eigenvalue weighted by Gasteiger charge is 2.16. The summed E-state index contributed by atoms with van der Waals surface area (Å²) in [5, 5.41) is 3.36. The minimum atomic E-state index is -0.127. The van der Waals surface area contributed by atoms with E-state index < -0.39 is 0 Å². The fraction of sp³-hybridized carbons (Fsp3) is 0.538. The van der Waals surface area contributed by atoms with Crippen LogP contribution in [0, 0.1) is 0 Å². The van der Waals surface area contributed by atoms with Crippen LogP contribution >= 0.6 is 0 Å². The highest BCUT2D eigenvalue weighted by atomic mass is 16.5. The number of hydrogen-bond donors (Lipinski definition) is 2. The Bertz CT molecular complexity index is 323. The molecule has 0 spiro atoms. The number of anilines is 1. The topological polar surface area (TPSA) is 47.3 Å². The zero-order valence-corrected chi connectivity index (χ0v) is 10.4. The minimum Gasteiger partial charge on any atom is -0.398 e. The summed E-state index contributed by atoms with van der Waals surface area (Å²) in [6.45, 7) is 8.51. The van der Waals surface area contributed by atoms with E-state index in [1.807, 2.05) is 31.2 Å². The molecule has 1 aromatic rings. The van der Waals surface area contributed by atoms with Gasteiger partial charge in [-0.1, -0.05) is 18.2 Å². The van der Waals surface area contributed by atoms with Crippen molar-refractivity contribution in [2.24, 2.45) is 0 Å². The number of nitrogens with one attached hydrogen (secondary N) is 1. The molecule has 3 N–H and O–H groups in total. The lowest BCUT2D eigenvalue weighted by molar-refractivity contribution is -0.00896. The highest BCUT2D eigenvalue weighted by molar-refractivity contribution is 5.46. The Morgan fingerprint density at radius 2 is 2.00 bits per heavy atom. The second-order valence-electron chi connectivity index (χ2n) is 4.50. The quantitative estimate of drug-likeness (QED) is 0.725. The van der Waals surface area contributed by atoms with Crippen LogP contribution in [-0.4, -0.2) is 18.8 Å². The molecule has 0 saturated carbocycles. The molecule has 0 bridgehead atoms. The van der Waals surface area contributed by atoms with Gasteiger partial charge >= 0.3 is 0 Å². The Kier molecular flexibility index (Phi) is 4.77. The van der Waals surface area contributed by atoms with E-state index in [2.05, 4.69) is 19.2 Å². The van der Waals surface area contributed by atoms with E-state index in [4.69, 9.17) is 10.5 Å². The first-order chi connectivity index (χ1) is 7.55. The third-order valence-electron chi connectivity index (χ3n) is 2.46. The number of rotatable bonds is 6. The van der Waals surface area contributed by atoms with E-state index in [0.29, 0.717) is 0 Å². The van der Waals surface area contributed by atoms with Crippen molar-refractivity contribution in [3.8, 4) is 0 Å². The van der Waals surface area contributed by atoms with Crippen LogP contribution in [0.4, 0.5) is 5.69 Å². The summed E-state index contributed by atoms with van der Waals surface area (Å²) in [6, 6.07) is 7.91. The van der Waals surface area contributed by atoms with Crippen molar-refractivity contribution in [3.05, 3.63) is 29.8 Å². The molecule has 0 aliphatic heterocycles. The molecule has 1 aromatic carbocycles. The van der Waals surface area contributed by atoms with E-state index in [9.17, 15) is 0 Å². The fourth-order valence-corrected chi connectivity index (χ4v) is 1.64. The first-order valence-electron chi connectivity index (χ1n) is 5.73. The Balaban J connectivity index is 2.39. The normalized spacial score (nSPS) is 11.7. The van der Waals surface area contributed by atoms with Crippen LogP contribution in [0.3, 0.4) is 0 Å². The largest absolute Gasteiger partial charge is 0.398 e. The standard InChI is InChI=1S/C13H22N2O/c1-4-16-13(2,3)10-15-9-11-7-5-6-8-12(11)14/h5-8,15H,4,9-10,14H2,1-3H3. The predicted octanol–water partition coefficient (Wildman–Crippen LogP) is 2.17. The number of ether oxygens (including phenoxy) is 1. The van der Waals surface area contributed by atoms with Crippen LogP contribution in [0.5, 0.6) is 0 Å². The lowest BCUT2D eigenvalue weighted by Crippen LogP contribution is -2.37. The van der Waals surface area contributed by atoms with Gasteiger partial charge in [-0.15, -0.1) is 0 Å². The molecule has 0 amide bonds. The Morgan fingerprint density at radius 3 is 2.62 bits per heavy atom. The van der Waals surface area contributed by atoms with E-state index in [1.54, 1.807) is 0 Å². The molecule has 90 valence electrons. The van der Waals surface area contributed by atoms with Gasteiger partial charge < -0.3 is 15.8 Å². The van der Waals surface area contributed by atoms with Crippen LogP contribution in [0.2, 0.25) is 0 Å². The van der Waals surface area contributed by atoms with Crippen molar-refractivity contribution in [2.75, 3.05) is 18.9 Å². The molecular weight excluding hydrogens is 200 g/mol. The molecule has 0 aliphatic carbocycles. The maximum atomic E-state index is 5.86. The number of benzene rings is 1. The molecule has 0 unspecified atom stereocenters. The van der Waals surface area contributed by atoms with Crippen molar-refractivity contribution >= 4 is 5.69 Å². The summed E-state index contributed by atoms with van der Waals surface area (Å²) in [6.07, 6.45) is 0. The van der Waals surface area contributed by atoms with Crippen molar-refractivity contribution in [1.82, 2.24) is 5.32 Å². The lowest BCUT2D eigenvalue weighted by Gasteiger charge is -2.25. The van der Waals surface area contributed by atoms with Crippen LogP contribution in [0.15, 0.2) is 24.3 Å². The van der Waals surface area contributed by atoms with Crippen molar-refractivity contribution in [1.29, 1.82) is 0 Å². The average molecular weight is 222 g/mol. The minimum absolute atomic E-state index is 0.127. The third-order valence-corrected chi connectivity index (χ3v) is 2.46. The zero-order valence-electron chi connectivity index (χ0n) is 10.4. The van der Waals surface area contributed by atoms with E-state index >= 15 is 0 Å². The monoisotopic (exact) mass is 222 g/mol. The summed E-state index contributed by atoms with van der Waals surface area (Å²) in [4.78, 5) is 0. The third kappa shape index (κ3) is 4.21. The van der Waals surface area contributed by atoms with Gasteiger partial charge in [0.15, 0.2) is 0 Å². The maximum Gasteiger partial charge on any atom is 0.0750 e. The Labute approximate surface area is 98.0 Å². The molecule has 3 nitrogen and oxygen atoms in total. The van der Waals surface area contributed by atoms with Crippen molar-refractivity contribution in [3.63, 3.8) is 0 Å². The Morgan fingerprint density at radius 1 is 1.31 bits per heavy atom. The molecular formula is C13H22N2O. The lowest BCUT2D eigenvalue weighted by atomic mass is 10.1. The van der Waals surface area contributed by atoms with Crippen molar-refractivity contribution < 1.29 is 4.74 Å². The molecule has 16 heavy (non-hydrogen) atoms. The van der Waals surface area contributed by atoms with Gasteiger partial charge in [0.05, 0.1) is 5.60 Å². The van der Waals surface area contributed by atoms with Gasteiger partial charge in [0, 0.05) is 25.4 Å². The van der Waals surface area contributed by atoms with Gasteiger partial charge in [-0.3, -0.25) is 0 Å². The molecule has 0 aliphatic rings. The molecule has 1 rings (SSSR count). The molecule has 0 radical (unpaired) electrons. The van der Waals surface area contributed by atoms with E-state index in [0.717, 1.165) is 30.9 Å².